The van der Waals surface area contributed by atoms with Crippen molar-refractivity contribution in [3.8, 4) is 0 Å². The number of rotatable bonds is 4. The minimum absolute atomic E-state index is 0.0975. The Morgan fingerprint density at radius 1 is 1.15 bits per heavy atom. The van der Waals surface area contributed by atoms with Crippen LogP contribution in [-0.2, 0) is 29.5 Å². The van der Waals surface area contributed by atoms with Gasteiger partial charge >= 0.3 is 0 Å². The number of piperidine rings is 1. The first kappa shape index (κ1) is 22.1. The molecule has 2 saturated heterocycles. The lowest BCUT2D eigenvalue weighted by Crippen LogP contribution is -2.48. The average Bonchev–Trinajstić information content (AvgIpc) is 3.43. The summed E-state index contributed by atoms with van der Waals surface area (Å²) in [6.07, 6.45) is 11.3. The lowest BCUT2D eigenvalue weighted by molar-refractivity contribution is 0.0297. The van der Waals surface area contributed by atoms with Gasteiger partial charge < -0.3 is 9.64 Å². The molecular formula is C28H36N4O2. The van der Waals surface area contributed by atoms with Gasteiger partial charge in [0.05, 0.1) is 13.2 Å². The highest BCUT2D eigenvalue weighted by Crippen LogP contribution is 2.44. The van der Waals surface area contributed by atoms with Crippen LogP contribution in [0.25, 0.3) is 6.08 Å². The predicted octanol–water partition coefficient (Wildman–Crippen LogP) is 3.68. The van der Waals surface area contributed by atoms with E-state index in [-0.39, 0.29) is 11.3 Å². The van der Waals surface area contributed by atoms with Crippen molar-refractivity contribution in [1.29, 1.82) is 0 Å². The zero-order valence-electron chi connectivity index (χ0n) is 20.3. The molecule has 1 aromatic carbocycles. The average molecular weight is 461 g/mol. The number of ether oxygens (including phenoxy) is 1. The molecule has 0 N–H and O–H groups in total. The fraction of sp³-hybridized carbons (Fsp3) is 0.571. The number of amides is 1. The normalized spacial score (nSPS) is 23.8. The maximum atomic E-state index is 13.4. The summed E-state index contributed by atoms with van der Waals surface area (Å²) in [6.45, 7) is 7.90. The number of nitrogens with zero attached hydrogens (tertiary/aromatic N) is 4. The summed E-state index contributed by atoms with van der Waals surface area (Å²) >= 11 is 0. The number of morpholine rings is 1. The fourth-order valence-electron chi connectivity index (χ4n) is 6.62. The summed E-state index contributed by atoms with van der Waals surface area (Å²) in [6, 6.07) is 9.40. The molecule has 2 aromatic rings. The Balaban J connectivity index is 1.20. The van der Waals surface area contributed by atoms with Crippen LogP contribution in [-0.4, -0.2) is 70.9 Å². The Labute approximate surface area is 202 Å². The fourth-order valence-corrected chi connectivity index (χ4v) is 6.62. The second-order valence-corrected chi connectivity index (χ2v) is 10.4. The number of carbonyl (C=O) groups excluding carboxylic acids is 1. The Hall–Kier alpha value is -2.44. The van der Waals surface area contributed by atoms with Gasteiger partial charge in [0.2, 0.25) is 0 Å². The van der Waals surface area contributed by atoms with Crippen LogP contribution in [0.1, 0.15) is 65.5 Å². The molecule has 1 atom stereocenters. The summed E-state index contributed by atoms with van der Waals surface area (Å²) in [5.41, 5.74) is 6.35. The molecule has 2 aliphatic carbocycles. The van der Waals surface area contributed by atoms with E-state index in [1.54, 1.807) is 0 Å². The summed E-state index contributed by atoms with van der Waals surface area (Å²) in [7, 11) is 0. The van der Waals surface area contributed by atoms with Gasteiger partial charge in [0, 0.05) is 42.3 Å². The molecule has 0 bridgehead atoms. The summed E-state index contributed by atoms with van der Waals surface area (Å²) < 4.78 is 7.60. The first-order valence-corrected chi connectivity index (χ1v) is 13.2. The number of hydrogen-bond acceptors (Lipinski definition) is 4. The summed E-state index contributed by atoms with van der Waals surface area (Å²) in [4.78, 5) is 18.1. The van der Waals surface area contributed by atoms with Crippen molar-refractivity contribution in [2.45, 2.75) is 63.5 Å². The SMILES string of the molecule is CCCn1nc(C(=O)N2CCOCC2)c2c1CCC(N1CCC3(C=Cc4ccccc43)CC1)C2. The van der Waals surface area contributed by atoms with Crippen LogP contribution in [0.5, 0.6) is 0 Å². The van der Waals surface area contributed by atoms with E-state index in [4.69, 9.17) is 9.84 Å². The molecule has 6 nitrogen and oxygen atoms in total. The molecule has 4 aliphatic rings. The minimum Gasteiger partial charge on any atom is -0.378 e. The molecule has 2 aliphatic heterocycles. The molecule has 1 unspecified atom stereocenters. The zero-order chi connectivity index (χ0) is 23.1. The highest BCUT2D eigenvalue weighted by Gasteiger charge is 2.40. The standard InChI is InChI=1S/C28H36N4O2/c1-2-13-32-25-8-7-22(20-23(25)26(29-32)27(33)31-16-18-34-19-17-31)30-14-11-28(12-15-30)10-9-21-5-3-4-6-24(21)28/h3-6,9-10,22H,2,7-8,11-20H2,1H3. The van der Waals surface area contributed by atoms with Crippen molar-refractivity contribution < 1.29 is 9.53 Å². The number of aryl methyl sites for hydroxylation is 1. The number of benzene rings is 1. The number of carbonyl (C=O) groups is 1. The van der Waals surface area contributed by atoms with E-state index < -0.39 is 0 Å². The first-order valence-electron chi connectivity index (χ1n) is 13.2. The maximum Gasteiger partial charge on any atom is 0.274 e. The van der Waals surface area contributed by atoms with E-state index in [0.29, 0.717) is 38.0 Å². The minimum atomic E-state index is 0.0975. The van der Waals surface area contributed by atoms with Gasteiger partial charge in [-0.05, 0) is 62.7 Å². The van der Waals surface area contributed by atoms with Gasteiger partial charge in [0.15, 0.2) is 5.69 Å². The van der Waals surface area contributed by atoms with Gasteiger partial charge in [-0.3, -0.25) is 14.4 Å². The third-order valence-electron chi connectivity index (χ3n) is 8.54. The van der Waals surface area contributed by atoms with Gasteiger partial charge in [0.1, 0.15) is 0 Å². The predicted molar refractivity (Wildman–Crippen MR) is 133 cm³/mol. The molecule has 3 heterocycles. The lowest BCUT2D eigenvalue weighted by atomic mass is 9.74. The zero-order valence-corrected chi connectivity index (χ0v) is 20.3. The van der Waals surface area contributed by atoms with E-state index >= 15 is 0 Å². The molecule has 6 rings (SSSR count). The molecule has 6 heteroatoms. The van der Waals surface area contributed by atoms with Crippen LogP contribution in [0, 0.1) is 0 Å². The van der Waals surface area contributed by atoms with Gasteiger partial charge in [-0.15, -0.1) is 0 Å². The Morgan fingerprint density at radius 2 is 1.94 bits per heavy atom. The molecule has 1 spiro atoms. The molecule has 1 amide bonds. The topological polar surface area (TPSA) is 50.6 Å². The van der Waals surface area contributed by atoms with Crippen LogP contribution < -0.4 is 0 Å². The third-order valence-corrected chi connectivity index (χ3v) is 8.54. The Morgan fingerprint density at radius 3 is 2.74 bits per heavy atom. The van der Waals surface area contributed by atoms with Gasteiger partial charge in [-0.25, -0.2) is 0 Å². The van der Waals surface area contributed by atoms with Crippen molar-refractivity contribution in [3.63, 3.8) is 0 Å². The maximum absolute atomic E-state index is 13.4. The van der Waals surface area contributed by atoms with E-state index in [2.05, 4.69) is 52.9 Å². The van der Waals surface area contributed by atoms with E-state index in [1.807, 2.05) is 4.90 Å². The van der Waals surface area contributed by atoms with E-state index in [9.17, 15) is 4.79 Å². The second kappa shape index (κ2) is 8.97. The van der Waals surface area contributed by atoms with Crippen molar-refractivity contribution in [2.75, 3.05) is 39.4 Å². The van der Waals surface area contributed by atoms with Crippen molar-refractivity contribution in [3.05, 3.63) is 58.4 Å². The number of allylic oxidation sites excluding steroid dienone is 1. The smallest absolute Gasteiger partial charge is 0.274 e. The van der Waals surface area contributed by atoms with Crippen molar-refractivity contribution in [1.82, 2.24) is 19.6 Å². The molecule has 0 radical (unpaired) electrons. The second-order valence-electron chi connectivity index (χ2n) is 10.4. The van der Waals surface area contributed by atoms with Crippen LogP contribution in [0.2, 0.25) is 0 Å². The highest BCUT2D eigenvalue weighted by molar-refractivity contribution is 5.94. The number of fused-ring (bicyclic) bond motifs is 3. The Bertz CT molecular complexity index is 1090. The molecular weight excluding hydrogens is 424 g/mol. The van der Waals surface area contributed by atoms with Gasteiger partial charge in [0.25, 0.3) is 5.91 Å². The van der Waals surface area contributed by atoms with Crippen molar-refractivity contribution in [2.24, 2.45) is 0 Å². The quantitative estimate of drug-likeness (QED) is 0.699. The van der Waals surface area contributed by atoms with Gasteiger partial charge in [-0.1, -0.05) is 43.3 Å². The molecule has 34 heavy (non-hydrogen) atoms. The largest absolute Gasteiger partial charge is 0.378 e. The number of aromatic nitrogens is 2. The van der Waals surface area contributed by atoms with Crippen LogP contribution in [0.4, 0.5) is 0 Å². The lowest BCUT2D eigenvalue weighted by Gasteiger charge is -2.43. The number of hydrogen-bond donors (Lipinski definition) is 0. The third kappa shape index (κ3) is 3.72. The van der Waals surface area contributed by atoms with Gasteiger partial charge in [-0.2, -0.15) is 5.10 Å². The highest BCUT2D eigenvalue weighted by atomic mass is 16.5. The van der Waals surface area contributed by atoms with Crippen LogP contribution >= 0.6 is 0 Å². The monoisotopic (exact) mass is 460 g/mol. The van der Waals surface area contributed by atoms with Crippen LogP contribution in [0.3, 0.4) is 0 Å². The molecule has 0 saturated carbocycles. The molecule has 1 aromatic heterocycles. The summed E-state index contributed by atoms with van der Waals surface area (Å²) in [5.74, 6) is 0.0975. The first-order chi connectivity index (χ1) is 16.7. The van der Waals surface area contributed by atoms with Crippen LogP contribution in [0.15, 0.2) is 30.3 Å². The summed E-state index contributed by atoms with van der Waals surface area (Å²) in [5, 5.41) is 4.88. The molecule has 180 valence electrons. The molecule has 2 fully saturated rings. The van der Waals surface area contributed by atoms with Crippen molar-refractivity contribution >= 4 is 12.0 Å². The van der Waals surface area contributed by atoms with E-state index in [0.717, 1.165) is 45.3 Å². The number of likely N-dealkylation sites (tertiary alicyclic amines) is 1. The Kier molecular flexibility index (Phi) is 5.82. The van der Waals surface area contributed by atoms with E-state index in [1.165, 1.54) is 35.2 Å².